The van der Waals surface area contributed by atoms with E-state index in [1.807, 2.05) is 55.7 Å². The first-order valence-electron chi connectivity index (χ1n) is 24.0. The Morgan fingerprint density at radius 2 is 1.44 bits per heavy atom. The van der Waals surface area contributed by atoms with Crippen molar-refractivity contribution in [2.45, 2.75) is 136 Å². The molecule has 5 atom stereocenters. The summed E-state index contributed by atoms with van der Waals surface area (Å²) < 4.78 is 31.8. The molecule has 73 heavy (non-hydrogen) atoms. The lowest BCUT2D eigenvalue weighted by Gasteiger charge is -2.41. The summed E-state index contributed by atoms with van der Waals surface area (Å²) in [7, 11) is 0. The Balaban J connectivity index is 1.89. The number of unbranched alkanes of at least 4 members (excludes halogenated alkanes) is 1. The van der Waals surface area contributed by atoms with Crippen LogP contribution in [0.5, 0.6) is 0 Å². The van der Waals surface area contributed by atoms with Crippen LogP contribution in [0.1, 0.15) is 123 Å². The van der Waals surface area contributed by atoms with Gasteiger partial charge in [0.15, 0.2) is 11.6 Å². The number of rotatable bonds is 32. The monoisotopic (exact) mass is 1040 g/mol. The van der Waals surface area contributed by atoms with Crippen LogP contribution in [0.25, 0.3) is 11.1 Å². The predicted molar refractivity (Wildman–Crippen MR) is 269 cm³/mol. The zero-order chi connectivity index (χ0) is 54.6. The van der Waals surface area contributed by atoms with Crippen LogP contribution in [0.4, 0.5) is 8.78 Å². The second-order valence-corrected chi connectivity index (χ2v) is 20.3. The van der Waals surface area contributed by atoms with Gasteiger partial charge in [-0.1, -0.05) is 58.0 Å². The second-order valence-electron chi connectivity index (χ2n) is 19.2. The van der Waals surface area contributed by atoms with Gasteiger partial charge in [0, 0.05) is 79.9 Å². The lowest BCUT2D eigenvalue weighted by molar-refractivity contribution is -0.147. The molecule has 18 nitrogen and oxygen atoms in total. The fraction of sp³-hybridized carbons (Fsp3) is 0.500. The lowest BCUT2D eigenvalue weighted by Crippen LogP contribution is -2.46. The Labute approximate surface area is 428 Å². The van der Waals surface area contributed by atoms with Crippen molar-refractivity contribution in [3.63, 3.8) is 0 Å². The Kier molecular flexibility index (Phi) is 24.1. The molecule has 1 aromatic heterocycles. The average Bonchev–Trinajstić information content (AvgIpc) is 3.70. The summed E-state index contributed by atoms with van der Waals surface area (Å²) in [6.45, 7) is 10.4. The zero-order valence-electron chi connectivity index (χ0n) is 42.2. The normalized spacial score (nSPS) is 13.4. The maximum Gasteiger partial charge on any atom is 0.326 e. The second kappa shape index (κ2) is 29.1. The molecule has 7 N–H and O–H groups in total. The van der Waals surface area contributed by atoms with Gasteiger partial charge >= 0.3 is 11.9 Å². The van der Waals surface area contributed by atoms with Gasteiger partial charge in [-0.2, -0.15) is 11.8 Å². The minimum Gasteiger partial charge on any atom is -0.481 e. The summed E-state index contributed by atoms with van der Waals surface area (Å²) in [5.74, 6) is -9.58. The number of Topliss-reactive ketones (excluding diaryl/α,β-unsaturated/α-hetero) is 3. The van der Waals surface area contributed by atoms with E-state index in [0.717, 1.165) is 35.5 Å². The summed E-state index contributed by atoms with van der Waals surface area (Å²) >= 11 is 1.07. The van der Waals surface area contributed by atoms with E-state index in [1.165, 1.54) is 20.8 Å². The fourth-order valence-electron chi connectivity index (χ4n) is 8.04. The quantitative estimate of drug-likeness (QED) is 0.0421. The number of thioether (sulfide) groups is 1. The third-order valence-electron chi connectivity index (χ3n) is 11.7. The molecule has 5 amide bonds. The Morgan fingerprint density at radius 1 is 0.767 bits per heavy atom. The number of carbonyl (C=O) groups excluding carboxylic acids is 8. The molecule has 0 fully saturated rings. The summed E-state index contributed by atoms with van der Waals surface area (Å²) in [6, 6.07) is 9.47. The van der Waals surface area contributed by atoms with Crippen molar-refractivity contribution in [3.05, 3.63) is 83.7 Å². The molecule has 0 aliphatic rings. The van der Waals surface area contributed by atoms with Gasteiger partial charge in [-0.05, 0) is 68.4 Å². The number of benzene rings is 2. The first kappa shape index (κ1) is 60.5. The van der Waals surface area contributed by atoms with Gasteiger partial charge in [0.2, 0.25) is 29.5 Å². The number of carboxylic acids is 2. The predicted octanol–water partition coefficient (Wildman–Crippen LogP) is 5.52. The number of ketones is 3. The van der Waals surface area contributed by atoms with E-state index < -0.39 is 113 Å². The molecule has 398 valence electrons. The van der Waals surface area contributed by atoms with E-state index >= 15 is 4.39 Å². The summed E-state index contributed by atoms with van der Waals surface area (Å²) in [6.07, 6.45) is 0.549. The standard InChI is InChI=1S/C52H68F2N6O12S/c1-31(23-43(63)33(3)56-45(65)17-12-13-32(2)61)50(70)58-39(26-44(55)64)42(62)16-10-11-21-60(47(67)30-73-22-20-46(66)57-40(51(71)72)27-48(68)69)49(52(4,5)6)41-24-35(37-25-36(53)18-19-38(37)54)29-59(41)28-34-14-8-7-9-15-34/h7-9,14-15,18-19,24-25,29,31,33,39-40,49H,10-13,16-17,20-23,26-28,30H2,1-6H3,(H2,55,64)(H,56,65)(H,57,66)(H,58,70)(H,68,69)(H,71,72)/t31-,33-,39-,40+,49-/m0/s1. The summed E-state index contributed by atoms with van der Waals surface area (Å²) in [5.41, 5.74) is 6.51. The molecule has 0 saturated heterocycles. The minimum atomic E-state index is -1.65. The first-order chi connectivity index (χ1) is 34.3. The maximum absolute atomic E-state index is 15.4. The van der Waals surface area contributed by atoms with E-state index in [4.69, 9.17) is 10.8 Å². The maximum atomic E-state index is 15.4. The highest BCUT2D eigenvalue weighted by molar-refractivity contribution is 7.99. The van der Waals surface area contributed by atoms with Crippen molar-refractivity contribution in [1.29, 1.82) is 0 Å². The Bertz CT molecular complexity index is 2460. The van der Waals surface area contributed by atoms with Crippen LogP contribution in [-0.4, -0.2) is 115 Å². The van der Waals surface area contributed by atoms with Crippen LogP contribution >= 0.6 is 11.8 Å². The zero-order valence-corrected chi connectivity index (χ0v) is 43.0. The Hall–Kier alpha value is -6.77. The summed E-state index contributed by atoms with van der Waals surface area (Å²) in [4.78, 5) is 127. The van der Waals surface area contributed by atoms with Crippen LogP contribution in [0.2, 0.25) is 0 Å². The van der Waals surface area contributed by atoms with Crippen molar-refractivity contribution in [1.82, 2.24) is 25.4 Å². The van der Waals surface area contributed by atoms with Crippen LogP contribution < -0.4 is 21.7 Å². The van der Waals surface area contributed by atoms with Gasteiger partial charge in [0.25, 0.3) is 0 Å². The number of amides is 5. The Morgan fingerprint density at radius 3 is 2.05 bits per heavy atom. The fourth-order valence-corrected chi connectivity index (χ4v) is 8.85. The number of carbonyl (C=O) groups is 10. The van der Waals surface area contributed by atoms with E-state index in [0.29, 0.717) is 17.7 Å². The number of hydrogen-bond acceptors (Lipinski definition) is 11. The van der Waals surface area contributed by atoms with Crippen LogP contribution in [-0.2, 0) is 54.5 Å². The number of primary amides is 1. The number of nitrogens with one attached hydrogen (secondary N) is 3. The number of carboxylic acid groups (broad SMARTS) is 2. The molecule has 2 aromatic carbocycles. The number of halogens is 2. The van der Waals surface area contributed by atoms with Crippen molar-refractivity contribution in [2.75, 3.05) is 18.1 Å². The van der Waals surface area contributed by atoms with Crippen molar-refractivity contribution in [2.24, 2.45) is 17.1 Å². The largest absolute Gasteiger partial charge is 0.481 e. The molecule has 21 heteroatoms. The molecule has 3 aromatic rings. The molecule has 0 spiro atoms. The van der Waals surface area contributed by atoms with Crippen molar-refractivity contribution >= 4 is 70.6 Å². The van der Waals surface area contributed by atoms with Gasteiger partial charge < -0.3 is 46.2 Å². The van der Waals surface area contributed by atoms with E-state index in [2.05, 4.69) is 16.0 Å². The third kappa shape index (κ3) is 20.7. The molecule has 1 heterocycles. The number of aromatic nitrogens is 1. The highest BCUT2D eigenvalue weighted by Crippen LogP contribution is 2.41. The van der Waals surface area contributed by atoms with Crippen LogP contribution in [0.15, 0.2) is 60.8 Å². The number of aliphatic carboxylic acids is 2. The van der Waals surface area contributed by atoms with Gasteiger partial charge in [-0.25, -0.2) is 13.6 Å². The molecule has 0 bridgehead atoms. The molecule has 0 unspecified atom stereocenters. The molecule has 0 saturated carbocycles. The summed E-state index contributed by atoms with van der Waals surface area (Å²) in [5, 5.41) is 25.7. The SMILES string of the molecule is CC(=O)CCCC(=O)N[C@@H](C)C(=O)C[C@H](C)C(=O)N[C@@H](CC(N)=O)C(=O)CCCCN(C(=O)CSCCC(=O)N[C@H](CC(=O)O)C(=O)O)[C@@H](c1cc(-c2cc(F)ccc2F)cn1Cc1ccccc1)C(C)(C)C. The number of nitrogens with two attached hydrogens (primary N) is 1. The molecule has 0 aliphatic carbocycles. The lowest BCUT2D eigenvalue weighted by atomic mass is 9.82. The minimum absolute atomic E-state index is 0.00488. The van der Waals surface area contributed by atoms with E-state index in [-0.39, 0.29) is 80.9 Å². The van der Waals surface area contributed by atoms with Gasteiger partial charge in [0.1, 0.15) is 23.5 Å². The molecular weight excluding hydrogens is 971 g/mol. The van der Waals surface area contributed by atoms with Crippen LogP contribution in [0, 0.1) is 23.0 Å². The average molecular weight is 1040 g/mol. The first-order valence-corrected chi connectivity index (χ1v) is 25.2. The highest BCUT2D eigenvalue weighted by atomic mass is 32.2. The smallest absolute Gasteiger partial charge is 0.326 e. The topological polar surface area (TPSA) is 281 Å². The van der Waals surface area contributed by atoms with Crippen LogP contribution in [0.3, 0.4) is 0 Å². The van der Waals surface area contributed by atoms with Gasteiger partial charge in [0.05, 0.1) is 36.7 Å². The highest BCUT2D eigenvalue weighted by Gasteiger charge is 2.37. The number of hydrogen-bond donors (Lipinski definition) is 6. The number of nitrogens with zero attached hydrogens (tertiary/aromatic N) is 2. The van der Waals surface area contributed by atoms with Gasteiger partial charge in [-0.15, -0.1) is 0 Å². The van der Waals surface area contributed by atoms with Crippen molar-refractivity contribution in [3.8, 4) is 11.1 Å². The van der Waals surface area contributed by atoms with E-state index in [9.17, 15) is 57.4 Å². The van der Waals surface area contributed by atoms with Gasteiger partial charge in [-0.3, -0.25) is 38.4 Å². The molecular formula is C52H68F2N6O12S. The third-order valence-corrected chi connectivity index (χ3v) is 12.7. The molecule has 0 radical (unpaired) electrons. The molecule has 3 rings (SSSR count). The van der Waals surface area contributed by atoms with Crippen molar-refractivity contribution < 1.29 is 66.9 Å². The molecule has 0 aliphatic heterocycles. The van der Waals surface area contributed by atoms with E-state index in [1.54, 1.807) is 17.2 Å².